The van der Waals surface area contributed by atoms with Crippen LogP contribution in [0.1, 0.15) is 0 Å². The summed E-state index contributed by atoms with van der Waals surface area (Å²) in [6.45, 7) is 0. The predicted octanol–water partition coefficient (Wildman–Crippen LogP) is -1.94. The number of halogens is 3. The maximum Gasteiger partial charge on any atom is 1.00 e. The second-order valence-corrected chi connectivity index (χ2v) is 0.909. The molecule has 0 heterocycles. The minimum atomic E-state index is -4.42. The normalized spacial score (nSPS) is 10.0. The topological polar surface area (TPSA) is 0 Å². The van der Waals surface area contributed by atoms with E-state index in [1.54, 1.807) is 0 Å². The van der Waals surface area contributed by atoms with Gasteiger partial charge in [0.15, 0.2) is 0 Å². The monoisotopic (exact) mass is 140 g/mol. The molecule has 0 aromatic heterocycles. The second-order valence-electron chi connectivity index (χ2n) is 0.446. The molecule has 0 aromatic rings. The van der Waals surface area contributed by atoms with Crippen LogP contribution < -0.4 is 51.4 Å². The molecular formula is CF3KS. The van der Waals surface area contributed by atoms with E-state index in [4.69, 9.17) is 0 Å². The van der Waals surface area contributed by atoms with E-state index >= 15 is 0 Å². The molecule has 0 rings (SSSR count). The molecule has 0 fully saturated rings. The van der Waals surface area contributed by atoms with Crippen LogP contribution in [0.15, 0.2) is 0 Å². The van der Waals surface area contributed by atoms with Crippen LogP contribution >= 0.6 is 0 Å². The van der Waals surface area contributed by atoms with E-state index < -0.39 is 5.51 Å². The smallest absolute Gasteiger partial charge is 0.680 e. The van der Waals surface area contributed by atoms with Gasteiger partial charge in [-0.1, -0.05) is 0 Å². The Kier molecular flexibility index (Phi) is 6.67. The Hall–Kier alpha value is 1.78. The van der Waals surface area contributed by atoms with E-state index in [0.717, 1.165) is 0 Å². The van der Waals surface area contributed by atoms with Crippen LogP contribution in [0.3, 0.4) is 0 Å². The van der Waals surface area contributed by atoms with Gasteiger partial charge < -0.3 is 12.6 Å². The van der Waals surface area contributed by atoms with Crippen molar-refractivity contribution in [2.75, 3.05) is 0 Å². The van der Waals surface area contributed by atoms with Crippen LogP contribution in [0.2, 0.25) is 0 Å². The molecule has 0 atom stereocenters. The Balaban J connectivity index is 0. The predicted molar refractivity (Wildman–Crippen MR) is 13.4 cm³/mol. The van der Waals surface area contributed by atoms with E-state index in [1.165, 1.54) is 0 Å². The molecule has 0 aliphatic rings. The molecule has 0 aliphatic carbocycles. The summed E-state index contributed by atoms with van der Waals surface area (Å²) >= 11 is 2.83. The second kappa shape index (κ2) is 3.74. The zero-order chi connectivity index (χ0) is 4.50. The van der Waals surface area contributed by atoms with Gasteiger partial charge >= 0.3 is 51.4 Å². The van der Waals surface area contributed by atoms with Crippen LogP contribution in [0, 0.1) is 0 Å². The molecule has 0 spiro atoms. The van der Waals surface area contributed by atoms with Gasteiger partial charge in [0, 0.05) is 0 Å². The Morgan fingerprint density at radius 1 is 1.17 bits per heavy atom. The summed E-state index contributed by atoms with van der Waals surface area (Å²) in [5.41, 5.74) is -4.42. The summed E-state index contributed by atoms with van der Waals surface area (Å²) in [6.07, 6.45) is 0. The number of alkyl halides is 3. The first-order valence-electron chi connectivity index (χ1n) is 0.771. The van der Waals surface area contributed by atoms with Crippen molar-refractivity contribution in [1.82, 2.24) is 0 Å². The molecule has 0 unspecified atom stereocenters. The van der Waals surface area contributed by atoms with Crippen LogP contribution in [0.25, 0.3) is 0 Å². The fourth-order valence-electron chi connectivity index (χ4n) is 0. The third-order valence-corrected chi connectivity index (χ3v) is 0. The molecule has 6 heavy (non-hydrogen) atoms. The average Bonchev–Trinajstić information content (AvgIpc) is 0.722. The van der Waals surface area contributed by atoms with Gasteiger partial charge in [-0.3, -0.25) is 0 Å². The summed E-state index contributed by atoms with van der Waals surface area (Å²) < 4.78 is 30.5. The number of hydrogen-bond acceptors (Lipinski definition) is 1. The summed E-state index contributed by atoms with van der Waals surface area (Å²) in [7, 11) is 0. The standard InChI is InChI=1S/CHF3S.K/c2-1(3,4)5;/h5H;/q;+1/p-1. The van der Waals surface area contributed by atoms with Gasteiger partial charge in [-0.05, 0) is 0 Å². The quantitative estimate of drug-likeness (QED) is 0.278. The third-order valence-electron chi connectivity index (χ3n) is 0. The van der Waals surface area contributed by atoms with Crippen molar-refractivity contribution in [3.05, 3.63) is 0 Å². The largest absolute Gasteiger partial charge is 1.00 e. The van der Waals surface area contributed by atoms with E-state index in [0.29, 0.717) is 0 Å². The molecule has 0 saturated heterocycles. The SMILES string of the molecule is FC(F)(F)[S-].[K+]. The third kappa shape index (κ3) is 41.8. The fraction of sp³-hybridized carbons (Fsp3) is 1.00. The zero-order valence-electron chi connectivity index (χ0n) is 3.04. The Morgan fingerprint density at radius 2 is 1.17 bits per heavy atom. The van der Waals surface area contributed by atoms with Crippen LogP contribution in [-0.2, 0) is 12.6 Å². The van der Waals surface area contributed by atoms with Gasteiger partial charge in [0.05, 0.1) is 0 Å². The first-order chi connectivity index (χ1) is 2.00. The molecule has 0 nitrogen and oxygen atoms in total. The van der Waals surface area contributed by atoms with Crippen LogP contribution in [0.4, 0.5) is 13.2 Å². The van der Waals surface area contributed by atoms with Crippen molar-refractivity contribution in [3.8, 4) is 0 Å². The summed E-state index contributed by atoms with van der Waals surface area (Å²) in [5, 5.41) is 0. The summed E-state index contributed by atoms with van der Waals surface area (Å²) in [5.74, 6) is 0. The Labute approximate surface area is 81.3 Å². The molecule has 0 bridgehead atoms. The van der Waals surface area contributed by atoms with Gasteiger partial charge in [-0.15, -0.1) is 0 Å². The van der Waals surface area contributed by atoms with E-state index in [2.05, 4.69) is 12.6 Å². The van der Waals surface area contributed by atoms with Crippen molar-refractivity contribution in [2.45, 2.75) is 5.51 Å². The fourth-order valence-corrected chi connectivity index (χ4v) is 0. The molecule has 32 valence electrons. The molecule has 0 aromatic carbocycles. The molecule has 0 aliphatic heterocycles. The average molecular weight is 140 g/mol. The van der Waals surface area contributed by atoms with Crippen molar-refractivity contribution < 1.29 is 64.6 Å². The van der Waals surface area contributed by atoms with Gasteiger partial charge in [-0.25, -0.2) is 0 Å². The maximum absolute atomic E-state index is 10.2. The van der Waals surface area contributed by atoms with Crippen molar-refractivity contribution in [1.29, 1.82) is 0 Å². The number of hydrogen-bond donors (Lipinski definition) is 0. The molecule has 0 N–H and O–H groups in total. The van der Waals surface area contributed by atoms with E-state index in [9.17, 15) is 13.2 Å². The first kappa shape index (κ1) is 10.7. The minimum absolute atomic E-state index is 0. The van der Waals surface area contributed by atoms with Crippen molar-refractivity contribution in [3.63, 3.8) is 0 Å². The van der Waals surface area contributed by atoms with E-state index in [1.807, 2.05) is 0 Å². The molecule has 0 amide bonds. The molecule has 5 heteroatoms. The van der Waals surface area contributed by atoms with Crippen molar-refractivity contribution >= 4 is 12.6 Å². The summed E-state index contributed by atoms with van der Waals surface area (Å²) in [6, 6.07) is 0. The molecule has 0 radical (unpaired) electrons. The maximum atomic E-state index is 10.2. The zero-order valence-corrected chi connectivity index (χ0v) is 6.98. The number of rotatable bonds is 0. The summed E-state index contributed by atoms with van der Waals surface area (Å²) in [4.78, 5) is 0. The van der Waals surface area contributed by atoms with E-state index in [-0.39, 0.29) is 51.4 Å². The van der Waals surface area contributed by atoms with Gasteiger partial charge in [0.1, 0.15) is 0 Å². The van der Waals surface area contributed by atoms with Crippen LogP contribution in [-0.4, -0.2) is 5.51 Å². The van der Waals surface area contributed by atoms with Gasteiger partial charge in [0.2, 0.25) is 0 Å². The molecule has 0 saturated carbocycles. The first-order valence-corrected chi connectivity index (χ1v) is 1.18. The van der Waals surface area contributed by atoms with Gasteiger partial charge in [0.25, 0.3) is 5.51 Å². The Bertz CT molecular complexity index is 26.3. The van der Waals surface area contributed by atoms with Gasteiger partial charge in [-0.2, -0.15) is 13.2 Å². The Morgan fingerprint density at radius 3 is 1.17 bits per heavy atom. The van der Waals surface area contributed by atoms with Crippen molar-refractivity contribution in [2.24, 2.45) is 0 Å². The van der Waals surface area contributed by atoms with Crippen LogP contribution in [0.5, 0.6) is 0 Å². The minimum Gasteiger partial charge on any atom is -0.680 e. The molecular weight excluding hydrogens is 140 g/mol.